The molecular weight excluding hydrogens is 282 g/mol. The second kappa shape index (κ2) is 14.9. The highest BCUT2D eigenvalue weighted by Gasteiger charge is 2.19. The van der Waals surface area contributed by atoms with Crippen molar-refractivity contribution in [1.82, 2.24) is 4.90 Å². The number of nitrogens with two attached hydrogens (primary N) is 1. The van der Waals surface area contributed by atoms with E-state index >= 15 is 0 Å². The molecule has 0 radical (unpaired) electrons. The molecule has 0 aromatic heterocycles. The molecule has 0 aliphatic carbocycles. The van der Waals surface area contributed by atoms with Gasteiger partial charge in [-0.2, -0.15) is 0 Å². The lowest BCUT2D eigenvalue weighted by Crippen LogP contribution is -2.34. The minimum atomic E-state index is 0.418. The Morgan fingerprint density at radius 2 is 1.61 bits per heavy atom. The maximum absolute atomic E-state index is 5.64. The predicted octanol–water partition coefficient (Wildman–Crippen LogP) is 4.91. The summed E-state index contributed by atoms with van der Waals surface area (Å²) in [5, 5.41) is 0. The molecule has 1 unspecified atom stereocenters. The van der Waals surface area contributed by atoms with E-state index < -0.39 is 0 Å². The zero-order valence-electron chi connectivity index (χ0n) is 15.4. The van der Waals surface area contributed by atoms with Crippen molar-refractivity contribution < 1.29 is 0 Å². The molecule has 134 valence electrons. The number of aliphatic imine (C=N–C) groups is 1. The van der Waals surface area contributed by atoms with Crippen LogP contribution in [-0.2, 0) is 0 Å². The Hall–Kier alpha value is -0.670. The van der Waals surface area contributed by atoms with Gasteiger partial charge in [0.15, 0.2) is 0 Å². The summed E-state index contributed by atoms with van der Waals surface area (Å²) in [4.78, 5) is 6.97. The van der Waals surface area contributed by atoms with Crippen LogP contribution in [-0.4, -0.2) is 36.9 Å². The summed E-state index contributed by atoms with van der Waals surface area (Å²) in [6.45, 7) is 4.84. The number of hydrogen-bond donors (Lipinski definition) is 1. The SMILES string of the molecule is C/C=C/CCCCCCCCCCCCC1N=CCN1CCN. The van der Waals surface area contributed by atoms with Gasteiger partial charge < -0.3 is 5.73 Å². The van der Waals surface area contributed by atoms with Crippen LogP contribution in [0.4, 0.5) is 0 Å². The van der Waals surface area contributed by atoms with Crippen molar-refractivity contribution in [2.24, 2.45) is 10.7 Å². The molecule has 1 atom stereocenters. The van der Waals surface area contributed by atoms with Crippen LogP contribution in [0.1, 0.15) is 84.0 Å². The lowest BCUT2D eigenvalue weighted by atomic mass is 10.0. The van der Waals surface area contributed by atoms with Crippen molar-refractivity contribution in [2.45, 2.75) is 90.1 Å². The topological polar surface area (TPSA) is 41.6 Å². The molecule has 1 rings (SSSR count). The maximum atomic E-state index is 5.64. The third-order valence-corrected chi connectivity index (χ3v) is 4.75. The highest BCUT2D eigenvalue weighted by molar-refractivity contribution is 5.62. The third kappa shape index (κ3) is 10.7. The van der Waals surface area contributed by atoms with Gasteiger partial charge in [-0.3, -0.25) is 9.89 Å². The summed E-state index contributed by atoms with van der Waals surface area (Å²) in [5.41, 5.74) is 5.64. The molecule has 0 aromatic rings. The molecule has 1 aliphatic heterocycles. The summed E-state index contributed by atoms with van der Waals surface area (Å²) >= 11 is 0. The molecule has 1 heterocycles. The van der Waals surface area contributed by atoms with Gasteiger partial charge in [0.05, 0.1) is 0 Å². The summed E-state index contributed by atoms with van der Waals surface area (Å²) in [7, 11) is 0. The van der Waals surface area contributed by atoms with Crippen molar-refractivity contribution in [3.05, 3.63) is 12.2 Å². The molecule has 0 saturated heterocycles. The fourth-order valence-electron chi connectivity index (χ4n) is 3.32. The van der Waals surface area contributed by atoms with Crippen LogP contribution in [0, 0.1) is 0 Å². The average Bonchev–Trinajstić information content (AvgIpc) is 2.99. The van der Waals surface area contributed by atoms with Crippen LogP contribution in [0.3, 0.4) is 0 Å². The molecule has 3 heteroatoms. The van der Waals surface area contributed by atoms with Gasteiger partial charge in [-0.15, -0.1) is 0 Å². The van der Waals surface area contributed by atoms with Gasteiger partial charge in [-0.25, -0.2) is 0 Å². The fourth-order valence-corrected chi connectivity index (χ4v) is 3.32. The smallest absolute Gasteiger partial charge is 0.102 e. The third-order valence-electron chi connectivity index (χ3n) is 4.75. The number of hydrogen-bond acceptors (Lipinski definition) is 3. The standard InChI is InChI=1S/C20H39N3/c1-2-3-4-5-6-7-8-9-10-11-12-13-14-15-20-22-17-19-23(20)18-16-21/h2-3,17,20H,4-16,18-19,21H2,1H3/b3-2+. The molecule has 1 aliphatic rings. The van der Waals surface area contributed by atoms with E-state index in [1.54, 1.807) is 0 Å². The van der Waals surface area contributed by atoms with Gasteiger partial charge in [0, 0.05) is 25.8 Å². The van der Waals surface area contributed by atoms with E-state index in [-0.39, 0.29) is 0 Å². The first kappa shape index (κ1) is 20.4. The first-order valence-electron chi connectivity index (χ1n) is 9.95. The molecule has 23 heavy (non-hydrogen) atoms. The summed E-state index contributed by atoms with van der Waals surface area (Å²) < 4.78 is 0. The van der Waals surface area contributed by atoms with Gasteiger partial charge in [-0.05, 0) is 32.6 Å². The van der Waals surface area contributed by atoms with Crippen LogP contribution in [0.25, 0.3) is 0 Å². The van der Waals surface area contributed by atoms with E-state index in [0.717, 1.165) is 19.6 Å². The number of allylic oxidation sites excluding steroid dienone is 2. The molecule has 0 aromatic carbocycles. The molecule has 0 saturated carbocycles. The van der Waals surface area contributed by atoms with Crippen LogP contribution in [0.2, 0.25) is 0 Å². The fraction of sp³-hybridized carbons (Fsp3) is 0.850. The lowest BCUT2D eigenvalue weighted by Gasteiger charge is -2.21. The highest BCUT2D eigenvalue weighted by atomic mass is 15.3. The molecule has 3 nitrogen and oxygen atoms in total. The van der Waals surface area contributed by atoms with Gasteiger partial charge in [0.2, 0.25) is 0 Å². The van der Waals surface area contributed by atoms with E-state index in [1.165, 1.54) is 77.0 Å². The quantitative estimate of drug-likeness (QED) is 0.344. The normalized spacial score (nSPS) is 18.4. The van der Waals surface area contributed by atoms with Gasteiger partial charge in [-0.1, -0.05) is 63.5 Å². The van der Waals surface area contributed by atoms with Crippen molar-refractivity contribution in [2.75, 3.05) is 19.6 Å². The Bertz CT molecular complexity index is 312. The number of nitrogens with zero attached hydrogens (tertiary/aromatic N) is 2. The van der Waals surface area contributed by atoms with Crippen LogP contribution < -0.4 is 5.73 Å². The van der Waals surface area contributed by atoms with E-state index in [2.05, 4.69) is 35.2 Å². The second-order valence-electron chi connectivity index (χ2n) is 6.78. The molecule has 0 amide bonds. The zero-order chi connectivity index (χ0) is 16.6. The van der Waals surface area contributed by atoms with E-state index in [1.807, 2.05) is 0 Å². The largest absolute Gasteiger partial charge is 0.329 e. The molecular formula is C20H39N3. The Kier molecular flexibility index (Phi) is 13.2. The van der Waals surface area contributed by atoms with Gasteiger partial charge in [0.25, 0.3) is 0 Å². The Labute approximate surface area is 144 Å². The molecule has 2 N–H and O–H groups in total. The Morgan fingerprint density at radius 1 is 1.00 bits per heavy atom. The summed E-state index contributed by atoms with van der Waals surface area (Å²) in [5.74, 6) is 0. The van der Waals surface area contributed by atoms with E-state index in [4.69, 9.17) is 5.73 Å². The van der Waals surface area contributed by atoms with Crippen molar-refractivity contribution >= 4 is 6.21 Å². The maximum Gasteiger partial charge on any atom is 0.102 e. The van der Waals surface area contributed by atoms with Crippen molar-refractivity contribution in [3.8, 4) is 0 Å². The number of unbranched alkanes of at least 4 members (excludes halogenated alkanes) is 10. The van der Waals surface area contributed by atoms with Crippen molar-refractivity contribution in [3.63, 3.8) is 0 Å². The minimum absolute atomic E-state index is 0.418. The van der Waals surface area contributed by atoms with Crippen LogP contribution in [0.5, 0.6) is 0 Å². The first-order chi connectivity index (χ1) is 11.4. The minimum Gasteiger partial charge on any atom is -0.329 e. The zero-order valence-corrected chi connectivity index (χ0v) is 15.4. The Balaban J connectivity index is 1.80. The summed E-state index contributed by atoms with van der Waals surface area (Å²) in [6, 6.07) is 0. The number of rotatable bonds is 15. The molecule has 0 bridgehead atoms. The monoisotopic (exact) mass is 321 g/mol. The first-order valence-corrected chi connectivity index (χ1v) is 9.95. The van der Waals surface area contributed by atoms with E-state index in [0.29, 0.717) is 6.17 Å². The van der Waals surface area contributed by atoms with Crippen LogP contribution in [0.15, 0.2) is 17.1 Å². The van der Waals surface area contributed by atoms with Crippen molar-refractivity contribution in [1.29, 1.82) is 0 Å². The highest BCUT2D eigenvalue weighted by Crippen LogP contribution is 2.16. The van der Waals surface area contributed by atoms with Gasteiger partial charge in [0.1, 0.15) is 6.17 Å². The summed E-state index contributed by atoms with van der Waals surface area (Å²) in [6.07, 6.45) is 23.4. The molecule has 0 spiro atoms. The molecule has 0 fully saturated rings. The lowest BCUT2D eigenvalue weighted by molar-refractivity contribution is 0.241. The average molecular weight is 322 g/mol. The second-order valence-corrected chi connectivity index (χ2v) is 6.78. The van der Waals surface area contributed by atoms with E-state index in [9.17, 15) is 0 Å². The Morgan fingerprint density at radius 3 is 2.22 bits per heavy atom. The van der Waals surface area contributed by atoms with Crippen LogP contribution >= 0.6 is 0 Å². The van der Waals surface area contributed by atoms with Gasteiger partial charge >= 0.3 is 0 Å². The predicted molar refractivity (Wildman–Crippen MR) is 103 cm³/mol.